The summed E-state index contributed by atoms with van der Waals surface area (Å²) >= 11 is 4.36. The topological polar surface area (TPSA) is 49.7 Å². The number of carbonyl (C=O) groups is 1. The molecule has 4 heteroatoms. The number of rotatable bonds is 5. The van der Waals surface area contributed by atoms with E-state index in [1.165, 1.54) is 0 Å². The summed E-state index contributed by atoms with van der Waals surface area (Å²) in [5.74, 6) is -0.594. The molecule has 0 fully saturated rings. The van der Waals surface area contributed by atoms with E-state index in [2.05, 4.69) is 22.4 Å². The molecule has 0 saturated heterocycles. The molecule has 11 heavy (non-hydrogen) atoms. The summed E-state index contributed by atoms with van der Waals surface area (Å²) in [5, 5.41) is 10.6. The lowest BCUT2D eigenvalue weighted by Gasteiger charge is -2.03. The first-order valence-corrected chi connectivity index (χ1v) is 3.83. The number of thiocarbonyl (C=S) groups is 1. The molecular weight excluding hydrogens is 162 g/mol. The first-order valence-electron chi connectivity index (χ1n) is 3.42. The van der Waals surface area contributed by atoms with Gasteiger partial charge >= 0.3 is 5.97 Å². The van der Waals surface area contributed by atoms with E-state index < -0.39 is 5.97 Å². The van der Waals surface area contributed by atoms with E-state index >= 15 is 0 Å². The van der Waals surface area contributed by atoms with Gasteiger partial charge in [-0.1, -0.05) is 6.92 Å². The highest BCUT2D eigenvalue weighted by atomic mass is 32.1. The van der Waals surface area contributed by atoms with Crippen molar-refractivity contribution in [3.05, 3.63) is 0 Å². The summed E-state index contributed by atoms with van der Waals surface area (Å²) < 4.78 is 0. The zero-order valence-electron chi connectivity index (χ0n) is 6.41. The maximum absolute atomic E-state index is 10.2. The molecule has 3 nitrogen and oxygen atoms in total. The maximum atomic E-state index is 10.2. The Kier molecular flexibility index (Phi) is 5.61. The van der Waals surface area contributed by atoms with Crippen LogP contribution in [0.5, 0.6) is 0 Å². The number of hydrogen-bond acceptors (Lipinski definition) is 3. The van der Waals surface area contributed by atoms with E-state index in [0.29, 0.717) is 6.54 Å². The van der Waals surface area contributed by atoms with Crippen LogP contribution in [0, 0.1) is 5.92 Å². The molecule has 0 heterocycles. The Balaban J connectivity index is 3.44. The average molecular weight is 173 g/mol. The molecule has 1 atom stereocenters. The van der Waals surface area contributed by atoms with Crippen LogP contribution in [0.1, 0.15) is 19.8 Å². The second-order valence-electron chi connectivity index (χ2n) is 2.46. The lowest BCUT2D eigenvalue weighted by atomic mass is 10.0. The van der Waals surface area contributed by atoms with Crippen molar-refractivity contribution in [2.45, 2.75) is 19.8 Å². The number of carboxylic acids is 1. The molecule has 0 bridgehead atoms. The van der Waals surface area contributed by atoms with Crippen molar-refractivity contribution in [2.24, 2.45) is 10.9 Å². The van der Waals surface area contributed by atoms with Crippen LogP contribution >= 0.6 is 12.2 Å². The minimum atomic E-state index is -0.760. The van der Waals surface area contributed by atoms with E-state index in [1.54, 1.807) is 0 Å². The van der Waals surface area contributed by atoms with Crippen molar-refractivity contribution in [1.82, 2.24) is 0 Å². The molecule has 0 aliphatic rings. The minimum Gasteiger partial charge on any atom is -0.481 e. The molecule has 0 aromatic carbocycles. The van der Waals surface area contributed by atoms with Crippen molar-refractivity contribution in [3.8, 4) is 0 Å². The van der Waals surface area contributed by atoms with Gasteiger partial charge in [0.05, 0.1) is 5.16 Å². The molecule has 0 aliphatic carbocycles. The Morgan fingerprint density at radius 1 is 1.82 bits per heavy atom. The van der Waals surface area contributed by atoms with Crippen molar-refractivity contribution in [1.29, 1.82) is 0 Å². The highest BCUT2D eigenvalue weighted by molar-refractivity contribution is 7.78. The minimum absolute atomic E-state index is 0.166. The molecule has 0 amide bonds. The summed E-state index contributed by atoms with van der Waals surface area (Å²) in [7, 11) is 0. The zero-order valence-corrected chi connectivity index (χ0v) is 7.23. The molecular formula is C7H11NO2S. The molecule has 62 valence electrons. The molecule has 1 N–H and O–H groups in total. The number of hydrogen-bond donors (Lipinski definition) is 1. The van der Waals surface area contributed by atoms with Gasteiger partial charge in [-0.15, -0.1) is 0 Å². The molecule has 0 spiro atoms. The van der Waals surface area contributed by atoms with Crippen molar-refractivity contribution in [2.75, 3.05) is 6.54 Å². The second-order valence-corrected chi connectivity index (χ2v) is 2.65. The quantitative estimate of drug-likeness (QED) is 0.507. The maximum Gasteiger partial charge on any atom is 0.303 e. The van der Waals surface area contributed by atoms with Crippen LogP contribution in [0.2, 0.25) is 0 Å². The Labute approximate surface area is 71.1 Å². The van der Waals surface area contributed by atoms with Gasteiger partial charge in [-0.2, -0.15) is 0 Å². The fourth-order valence-corrected chi connectivity index (χ4v) is 0.822. The molecule has 0 aromatic rings. The highest BCUT2D eigenvalue weighted by Crippen LogP contribution is 2.06. The predicted octanol–water partition coefficient (Wildman–Crippen LogP) is 1.59. The highest BCUT2D eigenvalue weighted by Gasteiger charge is 2.05. The van der Waals surface area contributed by atoms with Crippen LogP contribution in [0.4, 0.5) is 0 Å². The first kappa shape index (κ1) is 10.3. The van der Waals surface area contributed by atoms with Crippen LogP contribution in [-0.4, -0.2) is 22.8 Å². The number of aliphatic carboxylic acids is 1. The van der Waals surface area contributed by atoms with Gasteiger partial charge in [-0.25, -0.2) is 4.99 Å². The Hall–Kier alpha value is -0.730. The Bertz CT molecular complexity index is 175. The van der Waals surface area contributed by atoms with Gasteiger partial charge in [0, 0.05) is 13.0 Å². The molecule has 1 unspecified atom stereocenters. The van der Waals surface area contributed by atoms with Crippen LogP contribution in [0.15, 0.2) is 4.99 Å². The molecule has 0 aliphatic heterocycles. The molecule has 0 aromatic heterocycles. The lowest BCUT2D eigenvalue weighted by Crippen LogP contribution is -2.05. The third-order valence-corrected chi connectivity index (χ3v) is 1.45. The standard InChI is InChI=1S/C7H11NO2S/c1-6(4-7(9)10)2-3-8-5-11/h6H,2-4H2,1H3,(H,9,10). The van der Waals surface area contributed by atoms with Crippen molar-refractivity contribution >= 4 is 23.3 Å². The number of aliphatic imine (C=N–C) groups is 1. The normalized spacial score (nSPS) is 11.7. The van der Waals surface area contributed by atoms with Gasteiger partial charge in [0.2, 0.25) is 0 Å². The van der Waals surface area contributed by atoms with E-state index in [-0.39, 0.29) is 12.3 Å². The smallest absolute Gasteiger partial charge is 0.303 e. The largest absolute Gasteiger partial charge is 0.481 e. The SMILES string of the molecule is CC(CCN=C=S)CC(=O)O. The van der Waals surface area contributed by atoms with Crippen LogP contribution in [-0.2, 0) is 4.79 Å². The van der Waals surface area contributed by atoms with Gasteiger partial charge in [-0.3, -0.25) is 4.79 Å². The number of carboxylic acid groups (broad SMARTS) is 1. The third-order valence-electron chi connectivity index (χ3n) is 1.32. The lowest BCUT2D eigenvalue weighted by molar-refractivity contribution is -0.137. The third kappa shape index (κ3) is 7.16. The Morgan fingerprint density at radius 2 is 2.45 bits per heavy atom. The summed E-state index contributed by atoms with van der Waals surface area (Å²) in [6.45, 7) is 2.46. The Morgan fingerprint density at radius 3 is 2.91 bits per heavy atom. The molecule has 0 radical (unpaired) electrons. The molecule has 0 rings (SSSR count). The van der Waals surface area contributed by atoms with Gasteiger partial charge in [0.15, 0.2) is 0 Å². The summed E-state index contributed by atoms with van der Waals surface area (Å²) in [4.78, 5) is 13.9. The number of isothiocyanates is 1. The monoisotopic (exact) mass is 173 g/mol. The van der Waals surface area contributed by atoms with Crippen molar-refractivity contribution < 1.29 is 9.90 Å². The fraction of sp³-hybridized carbons (Fsp3) is 0.714. The number of nitrogens with zero attached hydrogens (tertiary/aromatic N) is 1. The molecule has 0 saturated carbocycles. The van der Waals surface area contributed by atoms with E-state index in [4.69, 9.17) is 5.11 Å². The van der Waals surface area contributed by atoms with E-state index in [9.17, 15) is 4.79 Å². The predicted molar refractivity (Wildman–Crippen MR) is 45.9 cm³/mol. The van der Waals surface area contributed by atoms with Gasteiger partial charge in [0.1, 0.15) is 0 Å². The summed E-state index contributed by atoms with van der Waals surface area (Å²) in [6.07, 6.45) is 0.961. The zero-order chi connectivity index (χ0) is 8.69. The fourth-order valence-electron chi connectivity index (χ4n) is 0.731. The van der Waals surface area contributed by atoms with Gasteiger partial charge in [-0.05, 0) is 24.6 Å². The summed E-state index contributed by atoms with van der Waals surface area (Å²) in [5.41, 5.74) is 0. The average Bonchev–Trinajstić information content (AvgIpc) is 1.86. The van der Waals surface area contributed by atoms with Gasteiger partial charge in [0.25, 0.3) is 0 Å². The summed E-state index contributed by atoms with van der Waals surface area (Å²) in [6, 6.07) is 0. The van der Waals surface area contributed by atoms with E-state index in [0.717, 1.165) is 6.42 Å². The van der Waals surface area contributed by atoms with E-state index in [1.807, 2.05) is 6.92 Å². The second kappa shape index (κ2) is 6.01. The van der Waals surface area contributed by atoms with Crippen LogP contribution in [0.3, 0.4) is 0 Å². The first-order chi connectivity index (χ1) is 5.16. The van der Waals surface area contributed by atoms with Crippen LogP contribution in [0.25, 0.3) is 0 Å². The van der Waals surface area contributed by atoms with Crippen LogP contribution < -0.4 is 0 Å². The van der Waals surface area contributed by atoms with Gasteiger partial charge < -0.3 is 5.11 Å². The van der Waals surface area contributed by atoms with Crippen molar-refractivity contribution in [3.63, 3.8) is 0 Å².